The number of hydrazone groups is 1. The lowest BCUT2D eigenvalue weighted by Gasteiger charge is -2.20. The highest BCUT2D eigenvalue weighted by Gasteiger charge is 2.24. The molecule has 2 aromatic carbocycles. The highest BCUT2D eigenvalue weighted by atomic mass is 35.5. The van der Waals surface area contributed by atoms with Gasteiger partial charge in [0.05, 0.1) is 13.3 Å². The number of nitrogens with zero attached hydrogens (tertiary/aromatic N) is 1. The Morgan fingerprint density at radius 1 is 1.18 bits per heavy atom. The van der Waals surface area contributed by atoms with E-state index in [1.165, 1.54) is 31.5 Å². The molecule has 0 spiro atoms. The summed E-state index contributed by atoms with van der Waals surface area (Å²) in [4.78, 5) is 24.9. The maximum Gasteiger partial charge on any atom is 0.262 e. The Balaban J connectivity index is 2.03. The Morgan fingerprint density at radius 3 is 2.46 bits per heavy atom. The van der Waals surface area contributed by atoms with Crippen molar-refractivity contribution in [2.24, 2.45) is 11.0 Å². The summed E-state index contributed by atoms with van der Waals surface area (Å²) in [7, 11) is 1.54. The van der Waals surface area contributed by atoms with Gasteiger partial charge in [-0.1, -0.05) is 25.4 Å². The van der Waals surface area contributed by atoms with Gasteiger partial charge in [0.15, 0.2) is 0 Å². The minimum Gasteiger partial charge on any atom is -0.507 e. The summed E-state index contributed by atoms with van der Waals surface area (Å²) in [5, 5.41) is 16.7. The van der Waals surface area contributed by atoms with Crippen LogP contribution >= 0.6 is 11.6 Å². The van der Waals surface area contributed by atoms with Crippen molar-refractivity contribution in [2.75, 3.05) is 7.11 Å². The van der Waals surface area contributed by atoms with E-state index in [1.807, 2.05) is 13.8 Å². The first-order chi connectivity index (χ1) is 13.3. The molecule has 0 radical (unpaired) electrons. The van der Waals surface area contributed by atoms with E-state index >= 15 is 0 Å². The van der Waals surface area contributed by atoms with Gasteiger partial charge in [-0.25, -0.2) is 5.43 Å². The van der Waals surface area contributed by atoms with E-state index in [4.69, 9.17) is 16.3 Å². The van der Waals surface area contributed by atoms with E-state index in [9.17, 15) is 14.7 Å². The maximum atomic E-state index is 12.4. The summed E-state index contributed by atoms with van der Waals surface area (Å²) in [6, 6.07) is 10.3. The van der Waals surface area contributed by atoms with Crippen LogP contribution in [0.25, 0.3) is 0 Å². The molecule has 148 valence electrons. The summed E-state index contributed by atoms with van der Waals surface area (Å²) in [6.45, 7) is 3.62. The highest BCUT2D eigenvalue weighted by molar-refractivity contribution is 6.30. The molecule has 7 nitrogen and oxygen atoms in total. The van der Waals surface area contributed by atoms with E-state index in [2.05, 4.69) is 15.8 Å². The average molecular weight is 404 g/mol. The number of nitrogens with one attached hydrogen (secondary N) is 2. The van der Waals surface area contributed by atoms with Gasteiger partial charge in [0.25, 0.3) is 11.8 Å². The van der Waals surface area contributed by atoms with Gasteiger partial charge in [-0.3, -0.25) is 9.59 Å². The molecule has 8 heteroatoms. The zero-order valence-electron chi connectivity index (χ0n) is 15.8. The number of benzene rings is 2. The predicted molar refractivity (Wildman–Crippen MR) is 108 cm³/mol. The molecule has 2 rings (SSSR count). The van der Waals surface area contributed by atoms with E-state index in [0.29, 0.717) is 21.9 Å². The molecule has 0 bridgehead atoms. The quantitative estimate of drug-likeness (QED) is 0.488. The van der Waals surface area contributed by atoms with Crippen LogP contribution in [-0.4, -0.2) is 36.3 Å². The SMILES string of the molecule is COc1ccc(C(=O)NC(C(=O)NN=Cc2cc(Cl)ccc2O)C(C)C)cc1. The third kappa shape index (κ3) is 5.72. The number of aromatic hydroxyl groups is 1. The first-order valence-electron chi connectivity index (χ1n) is 8.58. The molecule has 0 aliphatic heterocycles. The van der Waals surface area contributed by atoms with Crippen molar-refractivity contribution in [3.05, 3.63) is 58.6 Å². The zero-order chi connectivity index (χ0) is 20.7. The van der Waals surface area contributed by atoms with Crippen LogP contribution in [0.5, 0.6) is 11.5 Å². The molecule has 0 saturated heterocycles. The molecule has 0 fully saturated rings. The van der Waals surface area contributed by atoms with Crippen LogP contribution < -0.4 is 15.5 Å². The van der Waals surface area contributed by atoms with Crippen LogP contribution in [0.2, 0.25) is 5.02 Å². The fraction of sp³-hybridized carbons (Fsp3) is 0.250. The number of carbonyl (C=O) groups excluding carboxylic acids is 2. The third-order valence-electron chi connectivity index (χ3n) is 3.96. The number of phenolic OH excluding ortho intramolecular Hbond substituents is 1. The van der Waals surface area contributed by atoms with Crippen LogP contribution in [-0.2, 0) is 4.79 Å². The summed E-state index contributed by atoms with van der Waals surface area (Å²) in [6.07, 6.45) is 1.28. The third-order valence-corrected chi connectivity index (χ3v) is 4.19. The Morgan fingerprint density at radius 2 is 1.86 bits per heavy atom. The van der Waals surface area contributed by atoms with Crippen LogP contribution in [0.1, 0.15) is 29.8 Å². The normalized spacial score (nSPS) is 12.0. The summed E-state index contributed by atoms with van der Waals surface area (Å²) in [5.74, 6) is -0.413. The van der Waals surface area contributed by atoms with E-state index < -0.39 is 11.9 Å². The monoisotopic (exact) mass is 403 g/mol. The Labute approximate surface area is 168 Å². The number of hydrogen-bond donors (Lipinski definition) is 3. The molecule has 0 aliphatic rings. The number of ether oxygens (including phenoxy) is 1. The molecule has 1 unspecified atom stereocenters. The van der Waals surface area contributed by atoms with Gasteiger partial charge >= 0.3 is 0 Å². The molecular formula is C20H22ClN3O4. The minimum absolute atomic E-state index is 0.0179. The summed E-state index contributed by atoms with van der Waals surface area (Å²) < 4.78 is 5.07. The zero-order valence-corrected chi connectivity index (χ0v) is 16.5. The number of hydrogen-bond acceptors (Lipinski definition) is 5. The van der Waals surface area contributed by atoms with Crippen molar-refractivity contribution < 1.29 is 19.4 Å². The molecule has 0 saturated carbocycles. The maximum absolute atomic E-state index is 12.4. The smallest absolute Gasteiger partial charge is 0.262 e. The second-order valence-electron chi connectivity index (χ2n) is 6.36. The number of carbonyl (C=O) groups is 2. The topological polar surface area (TPSA) is 100 Å². The second kappa shape index (κ2) is 9.75. The van der Waals surface area contributed by atoms with E-state index in [-0.39, 0.29) is 17.6 Å². The van der Waals surface area contributed by atoms with Crippen LogP contribution in [0, 0.1) is 5.92 Å². The minimum atomic E-state index is -0.792. The van der Waals surface area contributed by atoms with Gasteiger partial charge in [-0.05, 0) is 48.4 Å². The van der Waals surface area contributed by atoms with E-state index in [1.54, 1.807) is 24.3 Å². The van der Waals surface area contributed by atoms with Crippen molar-refractivity contribution in [1.29, 1.82) is 0 Å². The van der Waals surface area contributed by atoms with Crippen molar-refractivity contribution in [3.63, 3.8) is 0 Å². The molecule has 0 heterocycles. The van der Waals surface area contributed by atoms with Gasteiger partial charge < -0.3 is 15.2 Å². The van der Waals surface area contributed by atoms with Crippen molar-refractivity contribution >= 4 is 29.6 Å². The van der Waals surface area contributed by atoms with Gasteiger partial charge in [0.2, 0.25) is 0 Å². The summed E-state index contributed by atoms with van der Waals surface area (Å²) in [5.41, 5.74) is 3.14. The van der Waals surface area contributed by atoms with Crippen LogP contribution in [0.3, 0.4) is 0 Å². The summed E-state index contributed by atoms with van der Waals surface area (Å²) >= 11 is 5.87. The number of amides is 2. The Bertz CT molecular complexity index is 866. The van der Waals surface area contributed by atoms with Crippen molar-refractivity contribution in [1.82, 2.24) is 10.7 Å². The lowest BCUT2D eigenvalue weighted by molar-refractivity contribution is -0.123. The predicted octanol–water partition coefficient (Wildman–Crippen LogP) is 2.96. The van der Waals surface area contributed by atoms with Gasteiger partial charge in [0.1, 0.15) is 17.5 Å². The molecule has 2 amide bonds. The molecule has 0 aromatic heterocycles. The molecule has 1 atom stereocenters. The van der Waals surface area contributed by atoms with Gasteiger partial charge in [-0.15, -0.1) is 0 Å². The molecular weight excluding hydrogens is 382 g/mol. The number of halogens is 1. The fourth-order valence-electron chi connectivity index (χ4n) is 2.37. The molecule has 3 N–H and O–H groups in total. The van der Waals surface area contributed by atoms with Gasteiger partial charge in [0, 0.05) is 16.1 Å². The average Bonchev–Trinajstić information content (AvgIpc) is 2.68. The first kappa shape index (κ1) is 21.2. The standard InChI is InChI=1S/C20H22ClN3O4/c1-12(2)18(23-19(26)13-4-7-16(28-3)8-5-13)20(27)24-22-11-14-10-15(21)6-9-17(14)25/h4-12,18,25H,1-3H3,(H,23,26)(H,24,27). The first-order valence-corrected chi connectivity index (χ1v) is 8.96. The van der Waals surface area contributed by atoms with Crippen molar-refractivity contribution in [2.45, 2.75) is 19.9 Å². The fourth-order valence-corrected chi connectivity index (χ4v) is 2.55. The number of rotatable bonds is 7. The Hall–Kier alpha value is -3.06. The number of phenols is 1. The molecule has 0 aliphatic carbocycles. The van der Waals surface area contributed by atoms with Crippen LogP contribution in [0.15, 0.2) is 47.6 Å². The molecule has 2 aromatic rings. The number of methoxy groups -OCH3 is 1. The van der Waals surface area contributed by atoms with E-state index in [0.717, 1.165) is 0 Å². The van der Waals surface area contributed by atoms with Gasteiger partial charge in [-0.2, -0.15) is 5.10 Å². The lowest BCUT2D eigenvalue weighted by atomic mass is 10.0. The Kier molecular flexibility index (Phi) is 7.40. The lowest BCUT2D eigenvalue weighted by Crippen LogP contribution is -2.48. The largest absolute Gasteiger partial charge is 0.507 e. The van der Waals surface area contributed by atoms with Crippen molar-refractivity contribution in [3.8, 4) is 11.5 Å². The molecule has 28 heavy (non-hydrogen) atoms. The highest BCUT2D eigenvalue weighted by Crippen LogP contribution is 2.19. The second-order valence-corrected chi connectivity index (χ2v) is 6.80. The van der Waals surface area contributed by atoms with Crippen LogP contribution in [0.4, 0.5) is 0 Å².